The number of carboxylic acids is 1. The topological polar surface area (TPSA) is 122 Å². The van der Waals surface area contributed by atoms with Crippen LogP contribution in [0.4, 0.5) is 0 Å². The number of hydrogen-bond acceptors (Lipinski definition) is 6. The van der Waals surface area contributed by atoms with Crippen LogP contribution in [-0.4, -0.2) is 36.1 Å². The van der Waals surface area contributed by atoms with E-state index in [1.54, 1.807) is 6.07 Å². The molecule has 1 atom stereocenters. The first-order valence-corrected chi connectivity index (χ1v) is 13.4. The van der Waals surface area contributed by atoms with Crippen LogP contribution >= 0.6 is 45.2 Å². The Balaban J connectivity index is 2.22. The lowest BCUT2D eigenvalue weighted by molar-refractivity contribution is -0.139. The zero-order valence-corrected chi connectivity index (χ0v) is 22.9. The number of nitrogens with one attached hydrogen (secondary N) is 1. The van der Waals surface area contributed by atoms with Crippen molar-refractivity contribution in [3.05, 3.63) is 48.6 Å². The molecule has 0 unspecified atom stereocenters. The first kappa shape index (κ1) is 27.1. The van der Waals surface area contributed by atoms with Crippen LogP contribution in [0.3, 0.4) is 0 Å². The fourth-order valence-electron chi connectivity index (χ4n) is 3.16. The van der Waals surface area contributed by atoms with E-state index in [4.69, 9.17) is 9.29 Å². The van der Waals surface area contributed by atoms with Crippen molar-refractivity contribution in [1.82, 2.24) is 5.32 Å². The minimum atomic E-state index is -4.61. The van der Waals surface area contributed by atoms with Crippen molar-refractivity contribution in [3.63, 3.8) is 0 Å². The lowest BCUT2D eigenvalue weighted by Crippen LogP contribution is -2.44. The molecular weight excluding hydrogens is 664 g/mol. The number of rotatable bonds is 11. The van der Waals surface area contributed by atoms with Crippen LogP contribution in [0.5, 0.6) is 17.2 Å². The van der Waals surface area contributed by atoms with Crippen molar-refractivity contribution in [1.29, 1.82) is 0 Å². The van der Waals surface area contributed by atoms with Gasteiger partial charge in [0.1, 0.15) is 17.5 Å². The van der Waals surface area contributed by atoms with Gasteiger partial charge in [-0.15, -0.1) is 0 Å². The quantitative estimate of drug-likeness (QED) is 0.224. The summed E-state index contributed by atoms with van der Waals surface area (Å²) in [6, 6.07) is 7.78. The maximum Gasteiger partial charge on any atom is 0.446 e. The molecule has 0 saturated carbocycles. The van der Waals surface area contributed by atoms with Crippen molar-refractivity contribution in [2.75, 3.05) is 0 Å². The van der Waals surface area contributed by atoms with E-state index in [-0.39, 0.29) is 11.8 Å². The number of carbonyl (C=O) groups is 1. The highest BCUT2D eigenvalue weighted by Gasteiger charge is 2.22. The van der Waals surface area contributed by atoms with Crippen LogP contribution in [0.15, 0.2) is 30.3 Å². The van der Waals surface area contributed by atoms with E-state index in [1.807, 2.05) is 55.5 Å². The first-order chi connectivity index (χ1) is 14.9. The highest BCUT2D eigenvalue weighted by atomic mass is 127. The van der Waals surface area contributed by atoms with E-state index in [9.17, 15) is 18.3 Å². The van der Waals surface area contributed by atoms with E-state index in [1.165, 1.54) is 12.1 Å². The molecule has 0 spiro atoms. The summed E-state index contributed by atoms with van der Waals surface area (Å²) >= 11 is 4.03. The zero-order valence-electron chi connectivity index (χ0n) is 17.8. The average molecular weight is 689 g/mol. The Morgan fingerprint density at radius 2 is 1.78 bits per heavy atom. The van der Waals surface area contributed by atoms with Gasteiger partial charge in [0, 0.05) is 6.04 Å². The molecule has 0 aliphatic carbocycles. The van der Waals surface area contributed by atoms with Gasteiger partial charge in [0.25, 0.3) is 0 Å². The molecule has 2 aromatic carbocycles. The maximum atomic E-state index is 11.7. The third kappa shape index (κ3) is 8.01. The predicted molar refractivity (Wildman–Crippen MR) is 138 cm³/mol. The van der Waals surface area contributed by atoms with Crippen LogP contribution in [-0.2, 0) is 21.6 Å². The number of halogens is 2. The molecule has 0 fully saturated rings. The Labute approximate surface area is 215 Å². The Bertz CT molecular complexity index is 1050. The minimum Gasteiger partial charge on any atom is -0.480 e. The fourth-order valence-corrected chi connectivity index (χ4v) is 5.21. The first-order valence-electron chi connectivity index (χ1n) is 9.85. The molecular formula is C21H25I2NO7S. The molecule has 11 heteroatoms. The Kier molecular flexibility index (Phi) is 10.00. The van der Waals surface area contributed by atoms with E-state index < -0.39 is 22.4 Å². The Morgan fingerprint density at radius 1 is 1.12 bits per heavy atom. The van der Waals surface area contributed by atoms with Crippen molar-refractivity contribution in [2.45, 2.75) is 52.1 Å². The number of benzene rings is 2. The fraction of sp³-hybridized carbons (Fsp3) is 0.381. The SMILES string of the molecule is CCC(CC)N[C@@H](Cc1cc(C)c(Oc2ccc(OS(=O)(=O)O)c(I)c2)c(I)c1)C(=O)O. The number of aliphatic carboxylic acids is 1. The van der Waals surface area contributed by atoms with Crippen LogP contribution < -0.4 is 14.2 Å². The van der Waals surface area contributed by atoms with Crippen molar-refractivity contribution in [3.8, 4) is 17.2 Å². The largest absolute Gasteiger partial charge is 0.480 e. The van der Waals surface area contributed by atoms with Crippen molar-refractivity contribution in [2.24, 2.45) is 0 Å². The second kappa shape index (κ2) is 11.8. The molecule has 0 saturated heterocycles. The van der Waals surface area contributed by atoms with E-state index in [2.05, 4.69) is 32.1 Å². The predicted octanol–water partition coefficient (Wildman–Crippen LogP) is 4.95. The lowest BCUT2D eigenvalue weighted by Gasteiger charge is -2.22. The molecule has 176 valence electrons. The molecule has 8 nitrogen and oxygen atoms in total. The summed E-state index contributed by atoms with van der Waals surface area (Å²) < 4.78 is 42.5. The van der Waals surface area contributed by atoms with Gasteiger partial charge in [0.05, 0.1) is 7.14 Å². The molecule has 0 aliphatic heterocycles. The monoisotopic (exact) mass is 689 g/mol. The third-order valence-corrected chi connectivity index (χ3v) is 6.80. The Hall–Kier alpha value is -1.16. The van der Waals surface area contributed by atoms with Crippen LogP contribution in [0.1, 0.15) is 37.8 Å². The molecule has 2 aromatic rings. The summed E-state index contributed by atoms with van der Waals surface area (Å²) in [5.74, 6) is 0.191. The average Bonchev–Trinajstić information content (AvgIpc) is 2.68. The normalized spacial score (nSPS) is 12.6. The standard InChI is InChI=1S/C21H25I2NO7S/c1-4-14(5-2)24-18(21(25)26)10-13-8-12(3)20(17(23)9-13)30-15-6-7-19(16(22)11-15)31-32(27,28)29/h6-9,11,14,18,24H,4-5,10H2,1-3H3,(H,25,26)(H,27,28,29)/t18-/m0/s1. The molecule has 0 radical (unpaired) electrons. The van der Waals surface area contributed by atoms with E-state index in [0.29, 0.717) is 21.5 Å². The molecule has 32 heavy (non-hydrogen) atoms. The van der Waals surface area contributed by atoms with Gasteiger partial charge in [0.2, 0.25) is 0 Å². The molecule has 0 amide bonds. The molecule has 0 bridgehead atoms. The Morgan fingerprint density at radius 3 is 2.28 bits per heavy atom. The van der Waals surface area contributed by atoms with Gasteiger partial charge in [-0.3, -0.25) is 9.35 Å². The second-order valence-electron chi connectivity index (χ2n) is 7.20. The third-order valence-electron chi connectivity index (χ3n) is 4.77. The minimum absolute atomic E-state index is 0.00751. The number of ether oxygens (including phenoxy) is 1. The second-order valence-corrected chi connectivity index (χ2v) is 10.6. The molecule has 3 N–H and O–H groups in total. The van der Waals surface area contributed by atoms with Gasteiger partial charge in [-0.2, -0.15) is 8.42 Å². The molecule has 0 aliphatic rings. The maximum absolute atomic E-state index is 11.7. The number of hydrogen-bond donors (Lipinski definition) is 3. The van der Waals surface area contributed by atoms with Crippen LogP contribution in [0, 0.1) is 14.1 Å². The van der Waals surface area contributed by atoms with Gasteiger partial charge in [-0.25, -0.2) is 0 Å². The zero-order chi connectivity index (χ0) is 24.1. The van der Waals surface area contributed by atoms with Crippen LogP contribution in [0.25, 0.3) is 0 Å². The highest BCUT2D eigenvalue weighted by Crippen LogP contribution is 2.34. The molecule has 0 aromatic heterocycles. The van der Waals surface area contributed by atoms with Gasteiger partial charge in [0.15, 0.2) is 5.75 Å². The summed E-state index contributed by atoms with van der Waals surface area (Å²) in [4.78, 5) is 11.7. The highest BCUT2D eigenvalue weighted by molar-refractivity contribution is 14.1. The molecule has 0 heterocycles. The summed E-state index contributed by atoms with van der Waals surface area (Å²) in [6.45, 7) is 5.94. The number of aryl methyl sites for hydroxylation is 1. The summed E-state index contributed by atoms with van der Waals surface area (Å²) in [6.07, 6.45) is 2.06. The van der Waals surface area contributed by atoms with Gasteiger partial charge in [-0.1, -0.05) is 19.9 Å². The van der Waals surface area contributed by atoms with E-state index >= 15 is 0 Å². The summed E-state index contributed by atoms with van der Waals surface area (Å²) in [5.41, 5.74) is 1.73. The summed E-state index contributed by atoms with van der Waals surface area (Å²) in [5, 5.41) is 12.8. The summed E-state index contributed by atoms with van der Waals surface area (Å²) in [7, 11) is -4.61. The van der Waals surface area contributed by atoms with Gasteiger partial charge in [-0.05, 0) is 107 Å². The smallest absolute Gasteiger partial charge is 0.446 e. The number of carboxylic acid groups (broad SMARTS) is 1. The van der Waals surface area contributed by atoms with Gasteiger partial charge >= 0.3 is 16.4 Å². The van der Waals surface area contributed by atoms with Gasteiger partial charge < -0.3 is 19.3 Å². The van der Waals surface area contributed by atoms with Crippen molar-refractivity contribution < 1.29 is 31.8 Å². The van der Waals surface area contributed by atoms with Crippen LogP contribution in [0.2, 0.25) is 0 Å². The lowest BCUT2D eigenvalue weighted by atomic mass is 10.0. The molecule has 2 rings (SSSR count). The van der Waals surface area contributed by atoms with E-state index in [0.717, 1.165) is 27.5 Å². The van der Waals surface area contributed by atoms with Crippen molar-refractivity contribution >= 4 is 61.6 Å².